The standard InChI is InChI=1S/C30H30ClN3O4/c1-37-25-17-23-24(18-26(25)38-2)29(35)34-12-11-19-5-3-4-6-22(19)28(34)27(23)30(36)33-15-13-32(14-16-33)21-9-7-20(31)8-10-21/h3-10,17-18,27-28H,11-16H2,1-2H3/t27-,28+/m0/s1. The molecule has 2 amide bonds. The highest BCUT2D eigenvalue weighted by atomic mass is 35.5. The average molecular weight is 532 g/mol. The first kappa shape index (κ1) is 24.6. The lowest BCUT2D eigenvalue weighted by Gasteiger charge is -2.47. The molecule has 2 atom stereocenters. The van der Waals surface area contributed by atoms with E-state index in [1.807, 2.05) is 52.3 Å². The zero-order chi connectivity index (χ0) is 26.4. The second-order valence-corrected chi connectivity index (χ2v) is 10.4. The van der Waals surface area contributed by atoms with Gasteiger partial charge in [-0.2, -0.15) is 0 Å². The van der Waals surface area contributed by atoms with Crippen molar-refractivity contribution in [1.29, 1.82) is 0 Å². The van der Waals surface area contributed by atoms with E-state index >= 15 is 0 Å². The zero-order valence-electron chi connectivity index (χ0n) is 21.5. The van der Waals surface area contributed by atoms with Crippen molar-refractivity contribution < 1.29 is 19.1 Å². The number of hydrogen-bond acceptors (Lipinski definition) is 5. The minimum atomic E-state index is -0.536. The summed E-state index contributed by atoms with van der Waals surface area (Å²) in [4.78, 5) is 34.3. The number of nitrogens with zero attached hydrogens (tertiary/aromatic N) is 3. The molecule has 3 heterocycles. The summed E-state index contributed by atoms with van der Waals surface area (Å²) in [5, 5.41) is 0.706. The smallest absolute Gasteiger partial charge is 0.254 e. The van der Waals surface area contributed by atoms with Gasteiger partial charge in [0.25, 0.3) is 5.91 Å². The van der Waals surface area contributed by atoms with E-state index in [4.69, 9.17) is 21.1 Å². The maximum absolute atomic E-state index is 14.4. The maximum Gasteiger partial charge on any atom is 0.254 e. The van der Waals surface area contributed by atoms with Gasteiger partial charge < -0.3 is 24.2 Å². The van der Waals surface area contributed by atoms with Crippen LogP contribution in [0, 0.1) is 0 Å². The highest BCUT2D eigenvalue weighted by Gasteiger charge is 2.48. The summed E-state index contributed by atoms with van der Waals surface area (Å²) in [6.07, 6.45) is 0.766. The first-order valence-corrected chi connectivity index (χ1v) is 13.3. The Morgan fingerprint density at radius 3 is 2.26 bits per heavy atom. The molecule has 0 saturated carbocycles. The number of methoxy groups -OCH3 is 2. The number of ether oxygens (including phenoxy) is 2. The van der Waals surface area contributed by atoms with E-state index in [9.17, 15) is 9.59 Å². The van der Waals surface area contributed by atoms with Crippen molar-refractivity contribution in [2.24, 2.45) is 0 Å². The Balaban J connectivity index is 1.38. The number of anilines is 1. The Labute approximate surface area is 227 Å². The predicted molar refractivity (Wildman–Crippen MR) is 146 cm³/mol. The van der Waals surface area contributed by atoms with E-state index < -0.39 is 5.92 Å². The number of hydrogen-bond donors (Lipinski definition) is 0. The van der Waals surface area contributed by atoms with E-state index in [1.165, 1.54) is 5.56 Å². The van der Waals surface area contributed by atoms with Crippen LogP contribution in [0.3, 0.4) is 0 Å². The molecule has 0 bridgehead atoms. The number of amides is 2. The Morgan fingerprint density at radius 2 is 1.55 bits per heavy atom. The normalized spacial score (nSPS) is 20.4. The SMILES string of the molecule is COc1cc2c(cc1OC)[C@H](C(=O)N1CCN(c3ccc(Cl)cc3)CC1)[C@H]1c3ccccc3CCN1C2=O. The van der Waals surface area contributed by atoms with Gasteiger partial charge in [-0.25, -0.2) is 0 Å². The fraction of sp³-hybridized carbons (Fsp3) is 0.333. The first-order valence-electron chi connectivity index (χ1n) is 12.9. The number of fused-ring (bicyclic) bond motifs is 4. The zero-order valence-corrected chi connectivity index (χ0v) is 22.3. The molecule has 7 nitrogen and oxygen atoms in total. The van der Waals surface area contributed by atoms with Crippen LogP contribution >= 0.6 is 11.6 Å². The predicted octanol–water partition coefficient (Wildman–Crippen LogP) is 4.54. The van der Waals surface area contributed by atoms with Gasteiger partial charge in [0.1, 0.15) is 0 Å². The van der Waals surface area contributed by atoms with Gasteiger partial charge in [0, 0.05) is 49.0 Å². The molecule has 6 rings (SSSR count). The summed E-state index contributed by atoms with van der Waals surface area (Å²) in [6.45, 7) is 3.22. The van der Waals surface area contributed by atoms with Gasteiger partial charge >= 0.3 is 0 Å². The molecule has 0 radical (unpaired) electrons. The summed E-state index contributed by atoms with van der Waals surface area (Å²) >= 11 is 6.07. The summed E-state index contributed by atoms with van der Waals surface area (Å²) in [5.41, 5.74) is 4.55. The van der Waals surface area contributed by atoms with Crippen molar-refractivity contribution >= 4 is 29.1 Å². The van der Waals surface area contributed by atoms with Crippen molar-refractivity contribution in [3.63, 3.8) is 0 Å². The van der Waals surface area contributed by atoms with Crippen LogP contribution in [-0.4, -0.2) is 68.6 Å². The Kier molecular flexibility index (Phi) is 6.40. The Bertz CT molecular complexity index is 1380. The number of halogens is 1. The third-order valence-corrected chi connectivity index (χ3v) is 8.33. The van der Waals surface area contributed by atoms with Crippen molar-refractivity contribution in [1.82, 2.24) is 9.80 Å². The van der Waals surface area contributed by atoms with E-state index in [0.29, 0.717) is 47.3 Å². The number of carbonyl (C=O) groups excluding carboxylic acids is 2. The molecule has 0 aliphatic carbocycles. The summed E-state index contributed by atoms with van der Waals surface area (Å²) in [6, 6.07) is 19.2. The van der Waals surface area contributed by atoms with Crippen LogP contribution in [0.15, 0.2) is 60.7 Å². The molecule has 3 aliphatic rings. The van der Waals surface area contributed by atoms with E-state index in [-0.39, 0.29) is 17.9 Å². The van der Waals surface area contributed by atoms with Crippen LogP contribution in [0.25, 0.3) is 0 Å². The second kappa shape index (κ2) is 9.87. The molecule has 0 N–H and O–H groups in total. The molecule has 3 aliphatic heterocycles. The average Bonchev–Trinajstić information content (AvgIpc) is 2.97. The topological polar surface area (TPSA) is 62.3 Å². The molecule has 0 unspecified atom stereocenters. The highest BCUT2D eigenvalue weighted by Crippen LogP contribution is 2.49. The first-order chi connectivity index (χ1) is 18.5. The molecule has 1 saturated heterocycles. The van der Waals surface area contributed by atoms with Gasteiger partial charge in [-0.15, -0.1) is 0 Å². The van der Waals surface area contributed by atoms with Crippen molar-refractivity contribution in [3.8, 4) is 11.5 Å². The van der Waals surface area contributed by atoms with Crippen LogP contribution in [0.5, 0.6) is 11.5 Å². The third kappa shape index (κ3) is 4.06. The lowest BCUT2D eigenvalue weighted by atomic mass is 9.75. The lowest BCUT2D eigenvalue weighted by molar-refractivity contribution is -0.135. The molecule has 38 heavy (non-hydrogen) atoms. The fourth-order valence-corrected chi connectivity index (χ4v) is 6.28. The van der Waals surface area contributed by atoms with Crippen molar-refractivity contribution in [2.75, 3.05) is 51.8 Å². The summed E-state index contributed by atoms with van der Waals surface area (Å²) in [7, 11) is 3.13. The van der Waals surface area contributed by atoms with E-state index in [1.54, 1.807) is 20.3 Å². The van der Waals surface area contributed by atoms with Gasteiger partial charge in [-0.05, 0) is 59.5 Å². The van der Waals surface area contributed by atoms with Crippen LogP contribution in [0.2, 0.25) is 5.02 Å². The molecule has 0 spiro atoms. The molecule has 0 aromatic heterocycles. The molecule has 196 valence electrons. The van der Waals surface area contributed by atoms with Crippen molar-refractivity contribution in [3.05, 3.63) is 87.9 Å². The molecular weight excluding hydrogens is 502 g/mol. The number of benzene rings is 3. The van der Waals surface area contributed by atoms with Crippen LogP contribution in [-0.2, 0) is 11.2 Å². The van der Waals surface area contributed by atoms with E-state index in [2.05, 4.69) is 17.0 Å². The molecule has 3 aromatic carbocycles. The summed E-state index contributed by atoms with van der Waals surface area (Å²) < 4.78 is 11.1. The largest absolute Gasteiger partial charge is 0.493 e. The maximum atomic E-state index is 14.4. The van der Waals surface area contributed by atoms with Crippen LogP contribution < -0.4 is 14.4 Å². The fourth-order valence-electron chi connectivity index (χ4n) is 6.15. The van der Waals surface area contributed by atoms with Gasteiger partial charge in [0.2, 0.25) is 5.91 Å². The van der Waals surface area contributed by atoms with Gasteiger partial charge in [0.05, 0.1) is 26.2 Å². The second-order valence-electron chi connectivity index (χ2n) is 9.95. The summed E-state index contributed by atoms with van der Waals surface area (Å²) in [5.74, 6) is 0.428. The lowest BCUT2D eigenvalue weighted by Crippen LogP contribution is -2.54. The Morgan fingerprint density at radius 1 is 0.868 bits per heavy atom. The minimum absolute atomic E-state index is 0.0356. The quantitative estimate of drug-likeness (QED) is 0.494. The monoisotopic (exact) mass is 531 g/mol. The molecule has 8 heteroatoms. The van der Waals surface area contributed by atoms with Crippen LogP contribution in [0.4, 0.5) is 5.69 Å². The van der Waals surface area contributed by atoms with Crippen molar-refractivity contribution in [2.45, 2.75) is 18.4 Å². The highest BCUT2D eigenvalue weighted by molar-refractivity contribution is 6.30. The van der Waals surface area contributed by atoms with Crippen LogP contribution in [0.1, 0.15) is 39.0 Å². The van der Waals surface area contributed by atoms with Gasteiger partial charge in [-0.3, -0.25) is 9.59 Å². The molecule has 3 aromatic rings. The van der Waals surface area contributed by atoms with Gasteiger partial charge in [-0.1, -0.05) is 35.9 Å². The van der Waals surface area contributed by atoms with Gasteiger partial charge in [0.15, 0.2) is 11.5 Å². The third-order valence-electron chi connectivity index (χ3n) is 8.08. The minimum Gasteiger partial charge on any atom is -0.493 e. The number of piperazine rings is 1. The molecule has 1 fully saturated rings. The number of carbonyl (C=O) groups is 2. The van der Waals surface area contributed by atoms with E-state index in [0.717, 1.165) is 30.8 Å². The molecular formula is C30H30ClN3O4. The Hall–Kier alpha value is -3.71. The number of rotatable bonds is 4.